The first-order valence-corrected chi connectivity index (χ1v) is 35.0. The first-order valence-electron chi connectivity index (χ1n) is 27.8. The number of rotatable bonds is 34. The Labute approximate surface area is 521 Å². The lowest BCUT2D eigenvalue weighted by Gasteiger charge is -2.31. The quantitative estimate of drug-likeness (QED) is 0.0213. The molecular formula is C57H65N3O25S5-4. The lowest BCUT2D eigenvalue weighted by Crippen LogP contribution is -2.33. The maximum Gasteiger partial charge on any atom is 0.335 e. The second-order valence-electron chi connectivity index (χ2n) is 21.1. The van der Waals surface area contributed by atoms with Gasteiger partial charge in [0.25, 0.3) is 11.8 Å². The Hall–Kier alpha value is -6.25. The number of amides is 2. The molecule has 0 saturated carbocycles. The van der Waals surface area contributed by atoms with E-state index in [9.17, 15) is 79.2 Å². The average Bonchev–Trinajstić information content (AvgIpc) is 1.53. The summed E-state index contributed by atoms with van der Waals surface area (Å²) in [6.45, 7) is 4.71. The molecule has 0 N–H and O–H groups in total. The molecule has 3 aliphatic rings. The number of anilines is 1. The Balaban J connectivity index is 1.28. The molecule has 2 amide bonds. The summed E-state index contributed by atoms with van der Waals surface area (Å²) < 4.78 is 223. The number of ether oxygens (including phenoxy) is 6. The van der Waals surface area contributed by atoms with Crippen LogP contribution in [0.1, 0.15) is 63.5 Å². The molecule has 0 radical (unpaired) electrons. The van der Waals surface area contributed by atoms with Crippen LogP contribution in [0.5, 0.6) is 0 Å². The summed E-state index contributed by atoms with van der Waals surface area (Å²) in [6, 6.07) is 8.49. The van der Waals surface area contributed by atoms with Crippen molar-refractivity contribution in [1.29, 1.82) is 0 Å². The number of methoxy groups -OCH3 is 2. The molecule has 4 aromatic rings. The van der Waals surface area contributed by atoms with Crippen molar-refractivity contribution in [1.82, 2.24) is 5.06 Å². The van der Waals surface area contributed by atoms with Crippen molar-refractivity contribution in [3.05, 3.63) is 108 Å². The van der Waals surface area contributed by atoms with E-state index in [1.807, 2.05) is 0 Å². The maximum absolute atomic E-state index is 12.8. The monoisotopic (exact) mass is 1350 g/mol. The van der Waals surface area contributed by atoms with E-state index in [2.05, 4.69) is 0 Å². The Bertz CT molecular complexity index is 4150. The minimum absolute atomic E-state index is 0.00413. The maximum atomic E-state index is 12.8. The van der Waals surface area contributed by atoms with Crippen LogP contribution in [0.4, 0.5) is 11.4 Å². The summed E-state index contributed by atoms with van der Waals surface area (Å²) in [7, 11) is -23.4. The fourth-order valence-corrected chi connectivity index (χ4v) is 14.3. The predicted molar refractivity (Wildman–Crippen MR) is 314 cm³/mol. The van der Waals surface area contributed by atoms with Crippen molar-refractivity contribution in [3.63, 3.8) is 0 Å². The minimum Gasteiger partial charge on any atom is -0.748 e. The molecule has 33 heteroatoms. The summed E-state index contributed by atoms with van der Waals surface area (Å²) in [5.41, 5.74) is -0.561. The molecular weight excluding hydrogens is 1290 g/mol. The van der Waals surface area contributed by atoms with E-state index in [4.69, 9.17) is 33.3 Å². The second-order valence-corrected chi connectivity index (χ2v) is 28.1. The zero-order valence-electron chi connectivity index (χ0n) is 49.2. The average molecular weight is 1350 g/mol. The number of carbonyl (C=O) groups excluding carboxylic acids is 3. The summed E-state index contributed by atoms with van der Waals surface area (Å²) in [5.74, 6) is -3.11. The first kappa shape index (κ1) is 71.2. The van der Waals surface area contributed by atoms with Gasteiger partial charge in [-0.2, -0.15) is 4.58 Å². The summed E-state index contributed by atoms with van der Waals surface area (Å²) in [5, 5.41) is -0.197. The lowest BCUT2D eigenvalue weighted by atomic mass is 9.74. The fraction of sp³-hybridized carbons (Fsp3) is 0.439. The van der Waals surface area contributed by atoms with Crippen molar-refractivity contribution in [2.24, 2.45) is 0 Å². The highest BCUT2D eigenvalue weighted by Gasteiger charge is 2.49. The number of imide groups is 1. The number of hydrogen-bond donors (Lipinski definition) is 0. The van der Waals surface area contributed by atoms with Crippen LogP contribution < -0.4 is 4.90 Å². The van der Waals surface area contributed by atoms with Crippen molar-refractivity contribution in [2.45, 2.75) is 82.8 Å². The van der Waals surface area contributed by atoms with Gasteiger partial charge in [-0.1, -0.05) is 36.4 Å². The molecule has 0 aromatic heterocycles. The zero-order chi connectivity index (χ0) is 66.0. The standard InChI is InChI=1S/C57H69N3O25S5/c1-56(20-10-34-86(64,65)66)49(58(22-26-79-3)45-15-13-41-43(54(45)56)35-39(87(67,68)69)37-47(41)89(73,74)75)11-8-6-5-7-9-12-50-57(2,21-25-82-30-31-84-33-32-83-29-28-80-4)55-44-36-40(88(70,71)72)38-48(90(76,77)78)42(44)14-16-46(55)59(50)23-27-81-24-19-53(63)85-60-51(61)17-18-52(60)62/h5-9,11-16,35-38H,10,17-34H2,1-4H3,(H4-,64,65,66,67,68,69,70,71,72,73,74,75,76,77,78)/p-4. The number of hydroxylamine groups is 2. The molecule has 7 rings (SSSR count). The van der Waals surface area contributed by atoms with Gasteiger partial charge in [-0.3, -0.25) is 9.59 Å². The number of carbonyl (C=O) groups is 3. The number of benzene rings is 4. The highest BCUT2D eigenvalue weighted by molar-refractivity contribution is 7.87. The molecule has 1 saturated heterocycles. The largest absolute Gasteiger partial charge is 0.748 e. The SMILES string of the molecule is COCCOCCOCCOCCC1(C)\C(=C/C=C/C=C/C=C/C2=[N+](CCOC)c3ccc4c(S(=O)(=O)[O-])cc(S(=O)(=O)[O-])cc4c3C2(C)CCCS(=O)(=O)[O-])N(CCOCCC(=O)ON2C(=O)CCC2=O)c2ccc3c(S(=O)(=O)[O-])cc(S(=O)(=O)[O-])cc3c21. The van der Waals surface area contributed by atoms with Crippen molar-refractivity contribution in [3.8, 4) is 0 Å². The van der Waals surface area contributed by atoms with E-state index in [1.165, 1.54) is 38.5 Å². The van der Waals surface area contributed by atoms with E-state index in [0.717, 1.165) is 12.1 Å². The fourth-order valence-electron chi connectivity index (χ4n) is 11.1. The zero-order valence-corrected chi connectivity index (χ0v) is 53.3. The molecule has 28 nitrogen and oxygen atoms in total. The number of allylic oxidation sites excluding steroid dienone is 8. The summed E-state index contributed by atoms with van der Waals surface area (Å²) in [4.78, 5) is 39.5. The second kappa shape index (κ2) is 29.6. The van der Waals surface area contributed by atoms with Gasteiger partial charge in [0.05, 0.1) is 94.4 Å². The topological polar surface area (TPSA) is 411 Å². The molecule has 492 valence electrons. The number of hydrogen-bond acceptors (Lipinski definition) is 26. The molecule has 2 unspecified atom stereocenters. The van der Waals surface area contributed by atoms with Gasteiger partial charge in [0.15, 0.2) is 12.3 Å². The molecule has 3 aliphatic heterocycles. The van der Waals surface area contributed by atoms with Gasteiger partial charge in [0.2, 0.25) is 5.69 Å². The molecule has 90 heavy (non-hydrogen) atoms. The van der Waals surface area contributed by atoms with Crippen LogP contribution in [0, 0.1) is 0 Å². The van der Waals surface area contributed by atoms with E-state index in [1.54, 1.807) is 65.9 Å². The van der Waals surface area contributed by atoms with Crippen LogP contribution in [0.2, 0.25) is 0 Å². The lowest BCUT2D eigenvalue weighted by molar-refractivity contribution is -0.441. The Kier molecular flexibility index (Phi) is 23.4. The highest BCUT2D eigenvalue weighted by Crippen LogP contribution is 2.54. The summed E-state index contributed by atoms with van der Waals surface area (Å²) >= 11 is 0. The van der Waals surface area contributed by atoms with Crippen molar-refractivity contribution < 1.29 is 117 Å². The molecule has 0 spiro atoms. The summed E-state index contributed by atoms with van der Waals surface area (Å²) in [6.07, 6.45) is 10.4. The van der Waals surface area contributed by atoms with Gasteiger partial charge >= 0.3 is 5.97 Å². The third kappa shape index (κ3) is 17.1. The van der Waals surface area contributed by atoms with Crippen LogP contribution in [0.25, 0.3) is 21.5 Å². The van der Waals surface area contributed by atoms with Gasteiger partial charge in [-0.05, 0) is 97.3 Å². The predicted octanol–water partition coefficient (Wildman–Crippen LogP) is 3.37. The van der Waals surface area contributed by atoms with Gasteiger partial charge in [-0.15, -0.1) is 5.06 Å². The van der Waals surface area contributed by atoms with E-state index in [0.29, 0.717) is 53.2 Å². The molecule has 1 fully saturated rings. The smallest absolute Gasteiger partial charge is 0.335 e. The van der Waals surface area contributed by atoms with Crippen LogP contribution in [0.15, 0.2) is 116 Å². The van der Waals surface area contributed by atoms with Gasteiger partial charge < -0.3 is 60.9 Å². The van der Waals surface area contributed by atoms with Crippen LogP contribution in [0.3, 0.4) is 0 Å². The molecule has 3 heterocycles. The first-order chi connectivity index (χ1) is 42.3. The number of fused-ring (bicyclic) bond motifs is 6. The molecule has 0 bridgehead atoms. The Morgan fingerprint density at radius 2 is 1.10 bits per heavy atom. The highest BCUT2D eigenvalue weighted by atomic mass is 32.2. The number of nitrogens with zero attached hydrogens (tertiary/aromatic N) is 3. The minimum atomic E-state index is -5.43. The van der Waals surface area contributed by atoms with Gasteiger partial charge in [0.1, 0.15) is 47.1 Å². The van der Waals surface area contributed by atoms with E-state index >= 15 is 0 Å². The molecule has 4 aromatic carbocycles. The normalized spacial score (nSPS) is 19.0. The van der Waals surface area contributed by atoms with Crippen molar-refractivity contribution >= 4 is 107 Å². The third-order valence-electron chi connectivity index (χ3n) is 15.2. The molecule has 2 atom stereocenters. The van der Waals surface area contributed by atoms with E-state index < -0.39 is 105 Å². The van der Waals surface area contributed by atoms with Crippen LogP contribution in [-0.4, -0.2) is 197 Å². The Morgan fingerprint density at radius 3 is 1.66 bits per heavy atom. The van der Waals surface area contributed by atoms with Gasteiger partial charge in [0, 0.05) is 85.9 Å². The van der Waals surface area contributed by atoms with Crippen LogP contribution >= 0.6 is 0 Å². The Morgan fingerprint density at radius 1 is 0.578 bits per heavy atom. The van der Waals surface area contributed by atoms with Gasteiger partial charge in [-0.25, -0.2) is 46.9 Å². The van der Waals surface area contributed by atoms with E-state index in [-0.39, 0.29) is 137 Å². The van der Waals surface area contributed by atoms with Crippen molar-refractivity contribution in [2.75, 3.05) is 104 Å². The molecule has 0 aliphatic carbocycles. The van der Waals surface area contributed by atoms with Crippen LogP contribution in [-0.2, 0) is 109 Å². The third-order valence-corrected chi connectivity index (χ3v) is 19.4.